The van der Waals surface area contributed by atoms with Crippen molar-refractivity contribution in [2.75, 3.05) is 9.80 Å². The van der Waals surface area contributed by atoms with Gasteiger partial charge >= 0.3 is 0 Å². The van der Waals surface area contributed by atoms with Crippen molar-refractivity contribution in [1.82, 2.24) is 0 Å². The summed E-state index contributed by atoms with van der Waals surface area (Å²) in [7, 11) is 0. The molecule has 0 spiro atoms. The number of rotatable bonds is 7. The Hall–Kier alpha value is -5.08. The molecule has 39 heavy (non-hydrogen) atoms. The van der Waals surface area contributed by atoms with Crippen molar-refractivity contribution in [2.24, 2.45) is 0 Å². The van der Waals surface area contributed by atoms with Crippen LogP contribution < -0.4 is 9.80 Å². The van der Waals surface area contributed by atoms with Crippen molar-refractivity contribution in [3.63, 3.8) is 0 Å². The molecule has 0 saturated carbocycles. The highest BCUT2D eigenvalue weighted by Gasteiger charge is 2.15. The monoisotopic (exact) mass is 502 g/mol. The summed E-state index contributed by atoms with van der Waals surface area (Å²) in [4.78, 5) is 4.59. The molecule has 0 bridgehead atoms. The van der Waals surface area contributed by atoms with Crippen LogP contribution in [0.25, 0.3) is 11.1 Å². The molecule has 0 fully saturated rings. The summed E-state index contributed by atoms with van der Waals surface area (Å²) in [5, 5.41) is 0. The first kappa shape index (κ1) is 24.3. The van der Waals surface area contributed by atoms with Crippen LogP contribution in [0.3, 0.4) is 0 Å². The van der Waals surface area contributed by atoms with Crippen molar-refractivity contribution >= 4 is 34.1 Å². The standard InChI is InChI=1S/C37H30N2/c1-29-28-36(39(33-18-10-4-11-19-33)34-20-12-5-13-21-34)26-27-37(29)30-22-24-35(25-23-30)38(31-14-6-2-7-15-31)32-16-8-3-9-17-32/h2-28H,1H3. The highest BCUT2D eigenvalue weighted by atomic mass is 15.1. The lowest BCUT2D eigenvalue weighted by Crippen LogP contribution is -2.10. The first-order valence-corrected chi connectivity index (χ1v) is 13.3. The van der Waals surface area contributed by atoms with Crippen LogP contribution in [0.5, 0.6) is 0 Å². The number of aryl methyl sites for hydroxylation is 1. The molecule has 6 aromatic rings. The second kappa shape index (κ2) is 11.1. The summed E-state index contributed by atoms with van der Waals surface area (Å²) < 4.78 is 0. The van der Waals surface area contributed by atoms with Crippen LogP contribution in [0.1, 0.15) is 5.56 Å². The fraction of sp³-hybridized carbons (Fsp3) is 0.0270. The fourth-order valence-corrected chi connectivity index (χ4v) is 5.10. The van der Waals surface area contributed by atoms with E-state index >= 15 is 0 Å². The predicted octanol–water partition coefficient (Wildman–Crippen LogP) is 10.6. The zero-order valence-electron chi connectivity index (χ0n) is 22.0. The van der Waals surface area contributed by atoms with E-state index in [0.29, 0.717) is 0 Å². The molecule has 0 aliphatic rings. The lowest BCUT2D eigenvalue weighted by Gasteiger charge is -2.26. The van der Waals surface area contributed by atoms with E-state index in [9.17, 15) is 0 Å². The molecule has 0 heterocycles. The van der Waals surface area contributed by atoms with Gasteiger partial charge in [-0.3, -0.25) is 0 Å². The van der Waals surface area contributed by atoms with Gasteiger partial charge in [-0.25, -0.2) is 0 Å². The molecule has 0 amide bonds. The maximum absolute atomic E-state index is 2.30. The topological polar surface area (TPSA) is 6.48 Å². The average molecular weight is 503 g/mol. The van der Waals surface area contributed by atoms with Crippen LogP contribution >= 0.6 is 0 Å². The molecule has 6 rings (SSSR count). The minimum absolute atomic E-state index is 1.13. The molecule has 0 aliphatic heterocycles. The molecule has 188 valence electrons. The molecule has 0 saturated heterocycles. The van der Waals surface area contributed by atoms with Crippen LogP contribution in [-0.2, 0) is 0 Å². The second-order valence-electron chi connectivity index (χ2n) is 9.56. The molecule has 0 atom stereocenters. The highest BCUT2D eigenvalue weighted by Crippen LogP contribution is 2.38. The Kier molecular flexibility index (Phi) is 6.92. The third-order valence-electron chi connectivity index (χ3n) is 6.96. The maximum atomic E-state index is 2.30. The van der Waals surface area contributed by atoms with E-state index in [-0.39, 0.29) is 0 Å². The second-order valence-corrected chi connectivity index (χ2v) is 9.56. The van der Waals surface area contributed by atoms with Gasteiger partial charge in [-0.05, 0) is 96.4 Å². The van der Waals surface area contributed by atoms with Gasteiger partial charge in [0.2, 0.25) is 0 Å². The number of para-hydroxylation sites is 4. The Labute approximate surface area is 231 Å². The molecule has 0 radical (unpaired) electrons. The highest BCUT2D eigenvalue weighted by molar-refractivity contribution is 5.81. The van der Waals surface area contributed by atoms with Crippen LogP contribution in [0.4, 0.5) is 34.1 Å². The minimum atomic E-state index is 1.13. The van der Waals surface area contributed by atoms with E-state index < -0.39 is 0 Å². The number of hydrogen-bond acceptors (Lipinski definition) is 2. The summed E-state index contributed by atoms with van der Waals surface area (Å²) >= 11 is 0. The van der Waals surface area contributed by atoms with Gasteiger partial charge in [0.1, 0.15) is 0 Å². The zero-order valence-corrected chi connectivity index (χ0v) is 22.0. The number of benzene rings is 6. The average Bonchev–Trinajstić information content (AvgIpc) is 3.00. The lowest BCUT2D eigenvalue weighted by atomic mass is 9.99. The van der Waals surface area contributed by atoms with Gasteiger partial charge in [-0.1, -0.05) is 91.0 Å². The Bertz CT molecular complexity index is 1550. The number of hydrogen-bond donors (Lipinski definition) is 0. The van der Waals surface area contributed by atoms with E-state index in [2.05, 4.69) is 181 Å². The maximum Gasteiger partial charge on any atom is 0.0464 e. The Morgan fingerprint density at radius 1 is 0.333 bits per heavy atom. The van der Waals surface area contributed by atoms with Crippen LogP contribution in [0, 0.1) is 6.92 Å². The summed E-state index contributed by atoms with van der Waals surface area (Å²) in [5.74, 6) is 0. The molecule has 2 heteroatoms. The molecule has 6 aromatic carbocycles. The summed E-state index contributed by atoms with van der Waals surface area (Å²) in [6.45, 7) is 2.20. The Morgan fingerprint density at radius 3 is 1.05 bits per heavy atom. The van der Waals surface area contributed by atoms with E-state index in [1.807, 2.05) is 0 Å². The fourth-order valence-electron chi connectivity index (χ4n) is 5.10. The first-order valence-electron chi connectivity index (χ1n) is 13.3. The third kappa shape index (κ3) is 5.18. The first-order chi connectivity index (χ1) is 19.3. The molecular formula is C37H30N2. The van der Waals surface area contributed by atoms with Gasteiger partial charge in [-0.15, -0.1) is 0 Å². The summed E-state index contributed by atoms with van der Waals surface area (Å²) in [6.07, 6.45) is 0. The minimum Gasteiger partial charge on any atom is -0.311 e. The van der Waals surface area contributed by atoms with Gasteiger partial charge in [0.25, 0.3) is 0 Å². The van der Waals surface area contributed by atoms with E-state index in [1.54, 1.807) is 0 Å². The Morgan fingerprint density at radius 2 is 0.667 bits per heavy atom. The Balaban J connectivity index is 1.35. The SMILES string of the molecule is Cc1cc(N(c2ccccc2)c2ccccc2)ccc1-c1ccc(N(c2ccccc2)c2ccccc2)cc1. The number of anilines is 6. The van der Waals surface area contributed by atoms with E-state index in [0.717, 1.165) is 34.1 Å². The van der Waals surface area contributed by atoms with Crippen molar-refractivity contribution in [3.8, 4) is 11.1 Å². The molecule has 2 nitrogen and oxygen atoms in total. The van der Waals surface area contributed by atoms with Gasteiger partial charge in [0, 0.05) is 34.1 Å². The number of nitrogens with zero attached hydrogens (tertiary/aromatic N) is 2. The smallest absolute Gasteiger partial charge is 0.0464 e. The quantitative estimate of drug-likeness (QED) is 0.214. The van der Waals surface area contributed by atoms with Crippen molar-refractivity contribution in [2.45, 2.75) is 6.92 Å². The lowest BCUT2D eigenvalue weighted by molar-refractivity contribution is 1.27. The van der Waals surface area contributed by atoms with E-state index in [1.165, 1.54) is 16.7 Å². The van der Waals surface area contributed by atoms with Gasteiger partial charge in [0.05, 0.1) is 0 Å². The van der Waals surface area contributed by atoms with Crippen molar-refractivity contribution in [3.05, 3.63) is 169 Å². The summed E-state index contributed by atoms with van der Waals surface area (Å²) in [6, 6.07) is 57.7. The zero-order chi connectivity index (χ0) is 26.4. The van der Waals surface area contributed by atoms with E-state index in [4.69, 9.17) is 0 Å². The van der Waals surface area contributed by atoms with Crippen LogP contribution in [0.15, 0.2) is 164 Å². The molecule has 0 aromatic heterocycles. The molecule has 0 unspecified atom stereocenters. The largest absolute Gasteiger partial charge is 0.311 e. The molecular weight excluding hydrogens is 472 g/mol. The van der Waals surface area contributed by atoms with Crippen LogP contribution in [0.2, 0.25) is 0 Å². The van der Waals surface area contributed by atoms with Gasteiger partial charge in [0.15, 0.2) is 0 Å². The van der Waals surface area contributed by atoms with Crippen LogP contribution in [-0.4, -0.2) is 0 Å². The molecule has 0 N–H and O–H groups in total. The van der Waals surface area contributed by atoms with Crippen molar-refractivity contribution in [1.29, 1.82) is 0 Å². The third-order valence-corrected chi connectivity index (χ3v) is 6.96. The normalized spacial score (nSPS) is 10.7. The molecule has 0 aliphatic carbocycles. The predicted molar refractivity (Wildman–Crippen MR) is 166 cm³/mol. The van der Waals surface area contributed by atoms with Crippen molar-refractivity contribution < 1.29 is 0 Å². The van der Waals surface area contributed by atoms with Gasteiger partial charge < -0.3 is 9.80 Å². The summed E-state index contributed by atoms with van der Waals surface area (Å²) in [5.41, 5.74) is 10.5. The van der Waals surface area contributed by atoms with Gasteiger partial charge in [-0.2, -0.15) is 0 Å².